The Balaban J connectivity index is 1.57. The number of amides is 2. The molecule has 1 aliphatic rings. The number of aromatic nitrogens is 2. The van der Waals surface area contributed by atoms with Crippen molar-refractivity contribution in [2.75, 3.05) is 23.7 Å². The lowest BCUT2D eigenvalue weighted by Gasteiger charge is -2.17. The second kappa shape index (κ2) is 7.77. The minimum atomic E-state index is -0.281. The second-order valence-electron chi connectivity index (χ2n) is 6.19. The highest BCUT2D eigenvalue weighted by Gasteiger charge is 2.27. The Morgan fingerprint density at radius 1 is 1.23 bits per heavy atom. The molecule has 1 saturated heterocycles. The van der Waals surface area contributed by atoms with Crippen molar-refractivity contribution in [1.82, 2.24) is 14.9 Å². The number of hydrogen-bond acceptors (Lipinski definition) is 5. The lowest BCUT2D eigenvalue weighted by atomic mass is 10.2. The maximum absolute atomic E-state index is 12.6. The number of carbonyl (C=O) groups is 2. The van der Waals surface area contributed by atoms with Gasteiger partial charge in [-0.3, -0.25) is 14.6 Å². The maximum Gasteiger partial charge on any atom is 0.253 e. The molecule has 1 aromatic carbocycles. The van der Waals surface area contributed by atoms with Crippen molar-refractivity contribution in [3.05, 3.63) is 60.6 Å². The first-order valence-corrected chi connectivity index (χ1v) is 8.43. The average Bonchev–Trinajstić information content (AvgIpc) is 3.12. The lowest BCUT2D eigenvalue weighted by Crippen LogP contribution is -2.31. The summed E-state index contributed by atoms with van der Waals surface area (Å²) >= 11 is 0. The van der Waals surface area contributed by atoms with Gasteiger partial charge in [-0.15, -0.1) is 0 Å². The summed E-state index contributed by atoms with van der Waals surface area (Å²) in [5, 5.41) is 5.98. The van der Waals surface area contributed by atoms with Crippen LogP contribution in [-0.2, 0) is 4.79 Å². The van der Waals surface area contributed by atoms with Crippen molar-refractivity contribution < 1.29 is 9.59 Å². The molecule has 1 aliphatic heterocycles. The van der Waals surface area contributed by atoms with Crippen LogP contribution in [0.15, 0.2) is 49.3 Å². The fourth-order valence-corrected chi connectivity index (χ4v) is 2.81. The first kappa shape index (κ1) is 17.6. The van der Waals surface area contributed by atoms with Crippen molar-refractivity contribution in [3.8, 4) is 0 Å². The molecule has 1 atom stereocenters. The van der Waals surface area contributed by atoms with Crippen LogP contribution >= 0.6 is 0 Å². The number of rotatable bonds is 5. The van der Waals surface area contributed by atoms with Gasteiger partial charge in [0, 0.05) is 30.4 Å². The summed E-state index contributed by atoms with van der Waals surface area (Å²) in [4.78, 5) is 34.3. The highest BCUT2D eigenvalue weighted by Crippen LogP contribution is 2.18. The fraction of sp³-hybridized carbons (Fsp3) is 0.263. The third-order valence-corrected chi connectivity index (χ3v) is 4.19. The monoisotopic (exact) mass is 351 g/mol. The van der Waals surface area contributed by atoms with E-state index in [1.807, 2.05) is 11.8 Å². The Morgan fingerprint density at radius 3 is 2.65 bits per heavy atom. The first-order chi connectivity index (χ1) is 12.5. The smallest absolute Gasteiger partial charge is 0.253 e. The van der Waals surface area contributed by atoms with Crippen molar-refractivity contribution in [1.29, 1.82) is 0 Å². The van der Waals surface area contributed by atoms with Gasteiger partial charge in [0.1, 0.15) is 5.82 Å². The summed E-state index contributed by atoms with van der Waals surface area (Å²) in [5.74, 6) is 0.417. The predicted molar refractivity (Wildman–Crippen MR) is 100.0 cm³/mol. The van der Waals surface area contributed by atoms with Gasteiger partial charge in [-0.25, -0.2) is 4.98 Å². The van der Waals surface area contributed by atoms with Crippen LogP contribution in [0, 0.1) is 6.92 Å². The topological polar surface area (TPSA) is 87.2 Å². The van der Waals surface area contributed by atoms with E-state index < -0.39 is 0 Å². The summed E-state index contributed by atoms with van der Waals surface area (Å²) < 4.78 is 0. The number of hydrogen-bond donors (Lipinski definition) is 2. The van der Waals surface area contributed by atoms with Gasteiger partial charge in [-0.05, 0) is 43.7 Å². The van der Waals surface area contributed by atoms with Crippen LogP contribution < -0.4 is 10.6 Å². The molecule has 2 aromatic rings. The molecule has 2 N–H and O–H groups in total. The van der Waals surface area contributed by atoms with E-state index >= 15 is 0 Å². The molecule has 1 fully saturated rings. The van der Waals surface area contributed by atoms with E-state index in [4.69, 9.17) is 0 Å². The van der Waals surface area contributed by atoms with Gasteiger partial charge in [0.05, 0.1) is 18.1 Å². The Morgan fingerprint density at radius 2 is 2.00 bits per heavy atom. The molecule has 2 heterocycles. The average molecular weight is 351 g/mol. The molecule has 3 rings (SSSR count). The van der Waals surface area contributed by atoms with Crippen molar-refractivity contribution in [3.63, 3.8) is 0 Å². The molecule has 0 radical (unpaired) electrons. The van der Waals surface area contributed by atoms with E-state index in [1.54, 1.807) is 36.7 Å². The van der Waals surface area contributed by atoms with E-state index in [0.717, 1.165) is 17.9 Å². The number of benzene rings is 1. The molecule has 134 valence electrons. The zero-order valence-electron chi connectivity index (χ0n) is 14.6. The van der Waals surface area contributed by atoms with Crippen LogP contribution in [0.2, 0.25) is 0 Å². The van der Waals surface area contributed by atoms with Gasteiger partial charge in [0.2, 0.25) is 5.91 Å². The van der Waals surface area contributed by atoms with E-state index in [9.17, 15) is 9.59 Å². The molecular formula is C19H21N5O2. The van der Waals surface area contributed by atoms with Crippen LogP contribution in [0.25, 0.3) is 0 Å². The number of nitrogens with one attached hydrogen (secondary N) is 2. The van der Waals surface area contributed by atoms with Crippen molar-refractivity contribution in [2.24, 2.45) is 0 Å². The highest BCUT2D eigenvalue weighted by molar-refractivity contribution is 5.99. The molecule has 7 nitrogen and oxygen atoms in total. The van der Waals surface area contributed by atoms with E-state index in [0.29, 0.717) is 24.3 Å². The third-order valence-electron chi connectivity index (χ3n) is 4.19. The minimum absolute atomic E-state index is 0.0223. The SMILES string of the molecule is C=CC(=O)Nc1ccc(C(=O)N2CC[C@H](Nc3cnc(C)cn3)C2)cc1. The molecule has 0 saturated carbocycles. The van der Waals surface area contributed by atoms with Gasteiger partial charge >= 0.3 is 0 Å². The van der Waals surface area contributed by atoms with Crippen LogP contribution in [-0.4, -0.2) is 45.8 Å². The molecule has 0 unspecified atom stereocenters. The summed E-state index contributed by atoms with van der Waals surface area (Å²) in [6.45, 7) is 6.60. The standard InChI is InChI=1S/C19H21N5O2/c1-3-18(25)23-15-6-4-14(5-7-15)19(26)24-9-8-16(12-24)22-17-11-20-13(2)10-21-17/h3-7,10-11,16H,1,8-9,12H2,2H3,(H,21,22)(H,23,25)/t16-/m0/s1. The summed E-state index contributed by atoms with van der Waals surface area (Å²) in [6, 6.07) is 7.01. The first-order valence-electron chi connectivity index (χ1n) is 8.43. The third kappa shape index (κ3) is 4.24. The molecular weight excluding hydrogens is 330 g/mol. The molecule has 26 heavy (non-hydrogen) atoms. The molecule has 1 aromatic heterocycles. The predicted octanol–water partition coefficient (Wildman–Crippen LogP) is 2.24. The van der Waals surface area contributed by atoms with Gasteiger partial charge in [0.25, 0.3) is 5.91 Å². The fourth-order valence-electron chi connectivity index (χ4n) is 2.81. The zero-order chi connectivity index (χ0) is 18.5. The number of carbonyl (C=O) groups excluding carboxylic acids is 2. The number of aryl methyl sites for hydroxylation is 1. The molecule has 0 spiro atoms. The largest absolute Gasteiger partial charge is 0.364 e. The van der Waals surface area contributed by atoms with E-state index in [1.165, 1.54) is 6.08 Å². The second-order valence-corrected chi connectivity index (χ2v) is 6.19. The van der Waals surface area contributed by atoms with E-state index in [2.05, 4.69) is 27.2 Å². The molecule has 0 aliphatic carbocycles. The van der Waals surface area contributed by atoms with Crippen molar-refractivity contribution in [2.45, 2.75) is 19.4 Å². The maximum atomic E-state index is 12.6. The number of likely N-dealkylation sites (tertiary alicyclic amines) is 1. The number of nitrogens with zero attached hydrogens (tertiary/aromatic N) is 3. The summed E-state index contributed by atoms with van der Waals surface area (Å²) in [7, 11) is 0. The highest BCUT2D eigenvalue weighted by atomic mass is 16.2. The Bertz CT molecular complexity index is 802. The minimum Gasteiger partial charge on any atom is -0.364 e. The molecule has 2 amide bonds. The van der Waals surface area contributed by atoms with Gasteiger partial charge in [-0.1, -0.05) is 6.58 Å². The number of anilines is 2. The van der Waals surface area contributed by atoms with Gasteiger partial charge in [-0.2, -0.15) is 0 Å². The van der Waals surface area contributed by atoms with Gasteiger partial charge < -0.3 is 15.5 Å². The van der Waals surface area contributed by atoms with Crippen LogP contribution in [0.1, 0.15) is 22.5 Å². The van der Waals surface area contributed by atoms with Crippen LogP contribution in [0.5, 0.6) is 0 Å². The normalized spacial score (nSPS) is 16.2. The van der Waals surface area contributed by atoms with Crippen molar-refractivity contribution >= 4 is 23.3 Å². The van der Waals surface area contributed by atoms with Crippen LogP contribution in [0.3, 0.4) is 0 Å². The lowest BCUT2D eigenvalue weighted by molar-refractivity contribution is -0.111. The Hall–Kier alpha value is -3.22. The Labute approximate surface area is 152 Å². The molecule has 7 heteroatoms. The summed E-state index contributed by atoms with van der Waals surface area (Å²) in [5.41, 5.74) is 2.09. The van der Waals surface area contributed by atoms with E-state index in [-0.39, 0.29) is 17.9 Å². The van der Waals surface area contributed by atoms with Gasteiger partial charge in [0.15, 0.2) is 0 Å². The quantitative estimate of drug-likeness (QED) is 0.807. The van der Waals surface area contributed by atoms with Crippen LogP contribution in [0.4, 0.5) is 11.5 Å². The zero-order valence-corrected chi connectivity index (χ0v) is 14.6. The molecule has 0 bridgehead atoms. The summed E-state index contributed by atoms with van der Waals surface area (Å²) in [6.07, 6.45) is 5.48. The Kier molecular flexibility index (Phi) is 5.26.